The van der Waals surface area contributed by atoms with E-state index >= 15 is 0 Å². The highest BCUT2D eigenvalue weighted by molar-refractivity contribution is 5.82. The van der Waals surface area contributed by atoms with Crippen molar-refractivity contribution in [2.75, 3.05) is 13.1 Å². The topological polar surface area (TPSA) is 37.8 Å². The van der Waals surface area contributed by atoms with Crippen LogP contribution in [0.3, 0.4) is 0 Å². The Kier molecular flexibility index (Phi) is 0.969. The lowest BCUT2D eigenvalue weighted by Crippen LogP contribution is -2.33. The van der Waals surface area contributed by atoms with Gasteiger partial charge in [0.15, 0.2) is 0 Å². The third-order valence-corrected chi connectivity index (χ3v) is 4.89. The Morgan fingerprint density at radius 3 is 2.06 bits per heavy atom. The zero-order chi connectivity index (χ0) is 10.4. The Morgan fingerprint density at radius 1 is 0.938 bits per heavy atom. The molecule has 3 heteroatoms. The third-order valence-electron chi connectivity index (χ3n) is 4.89. The SMILES string of the molecule is c1cnc2cc3c(cc2n1)C12CNCC31C2. The second-order valence-electron chi connectivity index (χ2n) is 5.39. The first-order valence-corrected chi connectivity index (χ1v) is 5.82. The standard InChI is InChI=1S/C13H11N3/c1-2-16-11-4-9-8(3-10(11)15-1)12-5-13(9,12)7-14-6-12/h1-4,14H,5-7H2. The summed E-state index contributed by atoms with van der Waals surface area (Å²) in [4.78, 5) is 8.79. The van der Waals surface area contributed by atoms with Crippen molar-refractivity contribution >= 4 is 11.0 Å². The Balaban J connectivity index is 1.88. The van der Waals surface area contributed by atoms with Crippen molar-refractivity contribution in [3.05, 3.63) is 35.7 Å². The van der Waals surface area contributed by atoms with E-state index in [0.717, 1.165) is 24.1 Å². The molecule has 0 amide bonds. The number of fused-ring (bicyclic) bond motifs is 2. The summed E-state index contributed by atoms with van der Waals surface area (Å²) in [5.41, 5.74) is 6.12. The second-order valence-corrected chi connectivity index (χ2v) is 5.39. The lowest BCUT2D eigenvalue weighted by atomic mass is 9.70. The molecule has 0 spiro atoms. The van der Waals surface area contributed by atoms with Gasteiger partial charge in [-0.3, -0.25) is 9.97 Å². The van der Waals surface area contributed by atoms with Crippen molar-refractivity contribution in [3.63, 3.8) is 0 Å². The Hall–Kier alpha value is -1.48. The van der Waals surface area contributed by atoms with Crippen molar-refractivity contribution in [1.82, 2.24) is 15.3 Å². The van der Waals surface area contributed by atoms with Crippen LogP contribution in [0, 0.1) is 0 Å². The first-order chi connectivity index (χ1) is 7.86. The number of rotatable bonds is 0. The molecule has 1 N–H and O–H groups in total. The predicted molar refractivity (Wildman–Crippen MR) is 60.4 cm³/mol. The highest BCUT2D eigenvalue weighted by atomic mass is 15.1. The van der Waals surface area contributed by atoms with Gasteiger partial charge in [0.1, 0.15) is 0 Å². The second kappa shape index (κ2) is 2.00. The molecule has 3 aliphatic rings. The molecule has 3 nitrogen and oxygen atoms in total. The minimum absolute atomic E-state index is 0.480. The van der Waals surface area contributed by atoms with Crippen LogP contribution in [-0.4, -0.2) is 23.1 Å². The van der Waals surface area contributed by atoms with Gasteiger partial charge < -0.3 is 5.32 Å². The minimum atomic E-state index is 0.480. The summed E-state index contributed by atoms with van der Waals surface area (Å²) >= 11 is 0. The Morgan fingerprint density at radius 2 is 1.50 bits per heavy atom. The maximum absolute atomic E-state index is 4.40. The average Bonchev–Trinajstić information content (AvgIpc) is 2.80. The van der Waals surface area contributed by atoms with Gasteiger partial charge in [0.05, 0.1) is 11.0 Å². The van der Waals surface area contributed by atoms with Crippen LogP contribution in [0.5, 0.6) is 0 Å². The van der Waals surface area contributed by atoms with Crippen LogP contribution in [0.25, 0.3) is 11.0 Å². The molecule has 16 heavy (non-hydrogen) atoms. The van der Waals surface area contributed by atoms with Gasteiger partial charge in [0.25, 0.3) is 0 Å². The smallest absolute Gasteiger partial charge is 0.0889 e. The lowest BCUT2D eigenvalue weighted by Gasteiger charge is -2.32. The fourth-order valence-electron chi connectivity index (χ4n) is 4.06. The van der Waals surface area contributed by atoms with Crippen LogP contribution < -0.4 is 5.32 Å². The van der Waals surface area contributed by atoms with Crippen molar-refractivity contribution in [3.8, 4) is 0 Å². The summed E-state index contributed by atoms with van der Waals surface area (Å²) < 4.78 is 0. The summed E-state index contributed by atoms with van der Waals surface area (Å²) in [7, 11) is 0. The number of benzene rings is 1. The van der Waals surface area contributed by atoms with Crippen LogP contribution in [0.15, 0.2) is 24.5 Å². The van der Waals surface area contributed by atoms with E-state index in [0.29, 0.717) is 10.8 Å². The minimum Gasteiger partial charge on any atom is -0.315 e. The lowest BCUT2D eigenvalue weighted by molar-refractivity contribution is 0.577. The van der Waals surface area contributed by atoms with Crippen LogP contribution in [-0.2, 0) is 10.8 Å². The molecular formula is C13H11N3. The normalized spacial score (nSPS) is 37.5. The fourth-order valence-corrected chi connectivity index (χ4v) is 4.06. The molecule has 2 aromatic rings. The van der Waals surface area contributed by atoms with Crippen LogP contribution in [0.2, 0.25) is 0 Å². The zero-order valence-corrected chi connectivity index (χ0v) is 8.83. The van der Waals surface area contributed by atoms with Gasteiger partial charge in [-0.05, 0) is 29.7 Å². The average molecular weight is 209 g/mol. The molecule has 1 aromatic carbocycles. The number of nitrogens with zero attached hydrogens (tertiary/aromatic N) is 2. The van der Waals surface area contributed by atoms with E-state index in [4.69, 9.17) is 0 Å². The molecule has 2 fully saturated rings. The first kappa shape index (κ1) is 7.74. The van der Waals surface area contributed by atoms with Gasteiger partial charge in [-0.2, -0.15) is 0 Å². The van der Waals surface area contributed by atoms with E-state index in [1.165, 1.54) is 17.5 Å². The molecule has 78 valence electrons. The number of aromatic nitrogens is 2. The van der Waals surface area contributed by atoms with Gasteiger partial charge >= 0.3 is 0 Å². The molecule has 2 heterocycles. The largest absolute Gasteiger partial charge is 0.315 e. The molecule has 5 rings (SSSR count). The van der Waals surface area contributed by atoms with Gasteiger partial charge in [-0.1, -0.05) is 0 Å². The van der Waals surface area contributed by atoms with E-state index < -0.39 is 0 Å². The fraction of sp³-hybridized carbons (Fsp3) is 0.385. The highest BCUT2D eigenvalue weighted by Gasteiger charge is 2.79. The molecule has 2 atom stereocenters. The quantitative estimate of drug-likeness (QED) is 0.706. The van der Waals surface area contributed by atoms with Crippen molar-refractivity contribution < 1.29 is 0 Å². The molecule has 2 aliphatic carbocycles. The summed E-state index contributed by atoms with van der Waals surface area (Å²) in [6.45, 7) is 2.32. The summed E-state index contributed by atoms with van der Waals surface area (Å²) in [6, 6.07) is 4.52. The first-order valence-electron chi connectivity index (χ1n) is 5.82. The predicted octanol–water partition coefficient (Wildman–Crippen LogP) is 1.13. The van der Waals surface area contributed by atoms with E-state index in [1.54, 1.807) is 12.4 Å². The Bertz CT molecular complexity index is 596. The monoisotopic (exact) mass is 209 g/mol. The summed E-state index contributed by atoms with van der Waals surface area (Å²) in [5.74, 6) is 0. The van der Waals surface area contributed by atoms with Crippen molar-refractivity contribution in [1.29, 1.82) is 0 Å². The molecule has 1 saturated carbocycles. The highest BCUT2D eigenvalue weighted by Crippen LogP contribution is 2.76. The van der Waals surface area contributed by atoms with E-state index in [2.05, 4.69) is 27.4 Å². The number of hydrogen-bond acceptors (Lipinski definition) is 3. The number of nitrogens with one attached hydrogen (secondary N) is 1. The van der Waals surface area contributed by atoms with E-state index in [9.17, 15) is 0 Å². The van der Waals surface area contributed by atoms with Crippen LogP contribution in [0.1, 0.15) is 17.5 Å². The van der Waals surface area contributed by atoms with E-state index in [-0.39, 0.29) is 0 Å². The molecule has 0 radical (unpaired) electrons. The van der Waals surface area contributed by atoms with Gasteiger partial charge in [-0.25, -0.2) is 0 Å². The number of hydrogen-bond donors (Lipinski definition) is 1. The van der Waals surface area contributed by atoms with Crippen LogP contribution >= 0.6 is 0 Å². The maximum Gasteiger partial charge on any atom is 0.0889 e. The van der Waals surface area contributed by atoms with Crippen molar-refractivity contribution in [2.45, 2.75) is 17.3 Å². The zero-order valence-electron chi connectivity index (χ0n) is 8.83. The molecule has 1 saturated heterocycles. The molecule has 0 bridgehead atoms. The Labute approximate surface area is 92.9 Å². The van der Waals surface area contributed by atoms with Gasteiger partial charge in [0.2, 0.25) is 0 Å². The molecular weight excluding hydrogens is 198 g/mol. The maximum atomic E-state index is 4.40. The number of piperidine rings is 1. The van der Waals surface area contributed by atoms with Gasteiger partial charge in [0, 0.05) is 36.3 Å². The van der Waals surface area contributed by atoms with E-state index in [1.807, 2.05) is 0 Å². The van der Waals surface area contributed by atoms with Crippen molar-refractivity contribution in [2.24, 2.45) is 0 Å². The van der Waals surface area contributed by atoms with Crippen LogP contribution in [0.4, 0.5) is 0 Å². The molecule has 1 aromatic heterocycles. The summed E-state index contributed by atoms with van der Waals surface area (Å²) in [6.07, 6.45) is 4.90. The van der Waals surface area contributed by atoms with Gasteiger partial charge in [-0.15, -0.1) is 0 Å². The molecule has 1 aliphatic heterocycles. The summed E-state index contributed by atoms with van der Waals surface area (Å²) in [5, 5.41) is 3.53. The molecule has 2 unspecified atom stereocenters. The third kappa shape index (κ3) is 0.559.